The van der Waals surface area contributed by atoms with E-state index in [1.165, 1.54) is 0 Å². The van der Waals surface area contributed by atoms with Gasteiger partial charge in [-0.3, -0.25) is 14.4 Å². The van der Waals surface area contributed by atoms with Gasteiger partial charge in [-0.25, -0.2) is 0 Å². The van der Waals surface area contributed by atoms with Crippen molar-refractivity contribution in [2.24, 2.45) is 5.73 Å². The number of ether oxygens (including phenoxy) is 4. The maximum absolute atomic E-state index is 11.6. The third-order valence-corrected chi connectivity index (χ3v) is 4.06. The second kappa shape index (κ2) is 23.9. The lowest BCUT2D eigenvalue weighted by molar-refractivity contribution is -0.127. The number of carbonyl (C=O) groups is 3. The minimum atomic E-state index is -0.239. The smallest absolute Gasteiger partial charge is 0.246 e. The van der Waals surface area contributed by atoms with Crippen molar-refractivity contribution >= 4 is 17.7 Å². The zero-order chi connectivity index (χ0) is 23.7. The van der Waals surface area contributed by atoms with Crippen molar-refractivity contribution in [2.75, 3.05) is 79.0 Å². The molecule has 0 aromatic rings. The highest BCUT2D eigenvalue weighted by Gasteiger charge is 2.03. The normalized spacial score (nSPS) is 10.7. The Hall–Kier alpha value is -1.79. The Labute approximate surface area is 191 Å². The van der Waals surface area contributed by atoms with E-state index in [1.807, 2.05) is 0 Å². The molecule has 0 rings (SSSR count). The molecular weight excluding hydrogens is 420 g/mol. The molecule has 0 fully saturated rings. The van der Waals surface area contributed by atoms with Gasteiger partial charge in [0.15, 0.2) is 0 Å². The average molecular weight is 463 g/mol. The number of amides is 3. The molecule has 0 unspecified atom stereocenters. The highest BCUT2D eigenvalue weighted by molar-refractivity contribution is 5.77. The van der Waals surface area contributed by atoms with E-state index < -0.39 is 0 Å². The van der Waals surface area contributed by atoms with Gasteiger partial charge in [0, 0.05) is 26.1 Å². The van der Waals surface area contributed by atoms with E-state index in [-0.39, 0.29) is 37.5 Å². The molecule has 0 spiro atoms. The molecule has 0 aliphatic heterocycles. The Kier molecular flexibility index (Phi) is 22.5. The first-order chi connectivity index (χ1) is 15.6. The SMILES string of the molecule is CCCCCNC(=O)COCCOCCNC(=O)COCCOCCNC(=O)CCCN. The predicted octanol–water partition coefficient (Wildman–Crippen LogP) is -0.669. The monoisotopic (exact) mass is 462 g/mol. The van der Waals surface area contributed by atoms with Gasteiger partial charge in [0.1, 0.15) is 13.2 Å². The van der Waals surface area contributed by atoms with Gasteiger partial charge in [0.2, 0.25) is 17.7 Å². The Bertz CT molecular complexity index is 481. The van der Waals surface area contributed by atoms with Crippen LogP contribution in [-0.4, -0.2) is 96.8 Å². The van der Waals surface area contributed by atoms with Crippen LogP contribution in [0, 0.1) is 0 Å². The topological polar surface area (TPSA) is 150 Å². The number of nitrogens with two attached hydrogens (primary N) is 1. The summed E-state index contributed by atoms with van der Waals surface area (Å²) in [4.78, 5) is 34.4. The molecule has 3 amide bonds. The summed E-state index contributed by atoms with van der Waals surface area (Å²) in [5.74, 6) is -0.398. The zero-order valence-corrected chi connectivity index (χ0v) is 19.5. The lowest BCUT2D eigenvalue weighted by Crippen LogP contribution is -2.31. The van der Waals surface area contributed by atoms with Crippen LogP contribution in [0.4, 0.5) is 0 Å². The van der Waals surface area contributed by atoms with Gasteiger partial charge >= 0.3 is 0 Å². The van der Waals surface area contributed by atoms with Crippen LogP contribution in [-0.2, 0) is 33.3 Å². The molecule has 0 aromatic carbocycles. The molecule has 0 atom stereocenters. The van der Waals surface area contributed by atoms with Gasteiger partial charge in [-0.15, -0.1) is 0 Å². The van der Waals surface area contributed by atoms with Gasteiger partial charge in [-0.05, 0) is 19.4 Å². The fourth-order valence-corrected chi connectivity index (χ4v) is 2.35. The van der Waals surface area contributed by atoms with Crippen molar-refractivity contribution in [3.8, 4) is 0 Å². The second-order valence-corrected chi connectivity index (χ2v) is 6.98. The van der Waals surface area contributed by atoms with Crippen LogP contribution in [0.1, 0.15) is 39.0 Å². The maximum Gasteiger partial charge on any atom is 0.246 e. The fourth-order valence-electron chi connectivity index (χ4n) is 2.35. The van der Waals surface area contributed by atoms with Crippen LogP contribution < -0.4 is 21.7 Å². The van der Waals surface area contributed by atoms with Crippen molar-refractivity contribution in [2.45, 2.75) is 39.0 Å². The highest BCUT2D eigenvalue weighted by Crippen LogP contribution is 1.91. The molecule has 11 nitrogen and oxygen atoms in total. The van der Waals surface area contributed by atoms with Gasteiger partial charge in [0.25, 0.3) is 0 Å². The Morgan fingerprint density at radius 2 is 1.12 bits per heavy atom. The standard InChI is InChI=1S/C21H42N4O7/c1-2-3-4-8-23-20(27)17-31-15-14-30-12-10-25-21(28)18-32-16-13-29-11-9-24-19(26)6-5-7-22/h2-18,22H2,1H3,(H,23,27)(H,24,26)(H,25,28). The predicted molar refractivity (Wildman–Crippen MR) is 120 cm³/mol. The summed E-state index contributed by atoms with van der Waals surface area (Å²) in [6.45, 7) is 6.07. The van der Waals surface area contributed by atoms with Gasteiger partial charge in [-0.2, -0.15) is 0 Å². The van der Waals surface area contributed by atoms with Crippen molar-refractivity contribution in [3.63, 3.8) is 0 Å². The lowest BCUT2D eigenvalue weighted by atomic mass is 10.2. The molecule has 0 bridgehead atoms. The molecule has 11 heteroatoms. The zero-order valence-electron chi connectivity index (χ0n) is 19.5. The second-order valence-electron chi connectivity index (χ2n) is 6.98. The van der Waals surface area contributed by atoms with E-state index in [0.717, 1.165) is 19.3 Å². The first-order valence-electron chi connectivity index (χ1n) is 11.4. The molecule has 0 saturated carbocycles. The Morgan fingerprint density at radius 1 is 0.625 bits per heavy atom. The summed E-state index contributed by atoms with van der Waals surface area (Å²) in [7, 11) is 0. The molecule has 5 N–H and O–H groups in total. The van der Waals surface area contributed by atoms with Crippen LogP contribution in [0.25, 0.3) is 0 Å². The third-order valence-electron chi connectivity index (χ3n) is 4.06. The number of nitrogens with one attached hydrogen (secondary N) is 3. The van der Waals surface area contributed by atoms with Crippen LogP contribution >= 0.6 is 0 Å². The molecule has 0 heterocycles. The van der Waals surface area contributed by atoms with E-state index in [0.29, 0.717) is 72.1 Å². The van der Waals surface area contributed by atoms with Crippen molar-refractivity contribution in [1.29, 1.82) is 0 Å². The minimum Gasteiger partial charge on any atom is -0.377 e. The first-order valence-corrected chi connectivity index (χ1v) is 11.4. The third kappa shape index (κ3) is 22.9. The molecule has 0 aliphatic rings. The molecule has 0 aliphatic carbocycles. The van der Waals surface area contributed by atoms with Crippen molar-refractivity contribution in [1.82, 2.24) is 16.0 Å². The molecule has 188 valence electrons. The van der Waals surface area contributed by atoms with Crippen molar-refractivity contribution < 1.29 is 33.3 Å². The number of unbranched alkanes of at least 4 members (excludes halogenated alkanes) is 2. The van der Waals surface area contributed by atoms with E-state index in [9.17, 15) is 14.4 Å². The number of rotatable bonds is 23. The van der Waals surface area contributed by atoms with Crippen LogP contribution in [0.3, 0.4) is 0 Å². The van der Waals surface area contributed by atoms with E-state index in [2.05, 4.69) is 22.9 Å². The quantitative estimate of drug-likeness (QED) is 0.146. The van der Waals surface area contributed by atoms with E-state index in [4.69, 9.17) is 24.7 Å². The van der Waals surface area contributed by atoms with Crippen molar-refractivity contribution in [3.05, 3.63) is 0 Å². The summed E-state index contributed by atoms with van der Waals surface area (Å²) in [5, 5.41) is 8.19. The first kappa shape index (κ1) is 30.2. The van der Waals surface area contributed by atoms with Gasteiger partial charge in [-0.1, -0.05) is 19.8 Å². The fraction of sp³-hybridized carbons (Fsp3) is 0.857. The number of hydrogen-bond donors (Lipinski definition) is 4. The maximum atomic E-state index is 11.6. The largest absolute Gasteiger partial charge is 0.377 e. The lowest BCUT2D eigenvalue weighted by Gasteiger charge is -2.09. The number of carbonyl (C=O) groups excluding carboxylic acids is 3. The van der Waals surface area contributed by atoms with E-state index in [1.54, 1.807) is 0 Å². The summed E-state index contributed by atoms with van der Waals surface area (Å²) in [6, 6.07) is 0. The van der Waals surface area contributed by atoms with Crippen LogP contribution in [0.5, 0.6) is 0 Å². The molecule has 0 radical (unpaired) electrons. The summed E-state index contributed by atoms with van der Waals surface area (Å²) >= 11 is 0. The highest BCUT2D eigenvalue weighted by atomic mass is 16.5. The summed E-state index contributed by atoms with van der Waals surface area (Å²) in [5.41, 5.74) is 5.33. The van der Waals surface area contributed by atoms with Crippen LogP contribution in [0.2, 0.25) is 0 Å². The molecular formula is C21H42N4O7. The van der Waals surface area contributed by atoms with Gasteiger partial charge in [0.05, 0.1) is 39.6 Å². The molecule has 0 saturated heterocycles. The summed E-state index contributed by atoms with van der Waals surface area (Å²) < 4.78 is 21.1. The Balaban J connectivity index is 3.30. The Morgan fingerprint density at radius 3 is 1.66 bits per heavy atom. The average Bonchev–Trinajstić information content (AvgIpc) is 2.78. The van der Waals surface area contributed by atoms with Gasteiger partial charge < -0.3 is 40.6 Å². The molecule has 0 aromatic heterocycles. The number of hydrogen-bond acceptors (Lipinski definition) is 8. The minimum absolute atomic E-state index is 0.0245. The van der Waals surface area contributed by atoms with E-state index >= 15 is 0 Å². The van der Waals surface area contributed by atoms with Crippen LogP contribution in [0.15, 0.2) is 0 Å². The molecule has 32 heavy (non-hydrogen) atoms. The summed E-state index contributed by atoms with van der Waals surface area (Å²) in [6.07, 6.45) is 4.29.